The van der Waals surface area contributed by atoms with E-state index in [4.69, 9.17) is 16.2 Å². The SMILES string of the molecule is CCC1(CC)c2cc(C(N)=O)ccc2CC(OC)C1NCCCCCCC(N)=O. The molecule has 1 aromatic carbocycles. The first-order valence-corrected chi connectivity index (χ1v) is 10.9. The number of methoxy groups -OCH3 is 1. The number of rotatable bonds is 12. The summed E-state index contributed by atoms with van der Waals surface area (Å²) in [6, 6.07) is 6.03. The van der Waals surface area contributed by atoms with Crippen molar-refractivity contribution in [3.8, 4) is 0 Å². The molecule has 1 aliphatic carbocycles. The van der Waals surface area contributed by atoms with Gasteiger partial charge in [0.25, 0.3) is 0 Å². The van der Waals surface area contributed by atoms with Crippen LogP contribution in [0.4, 0.5) is 0 Å². The van der Waals surface area contributed by atoms with Crippen LogP contribution >= 0.6 is 0 Å². The third-order valence-electron chi connectivity index (χ3n) is 6.60. The second kappa shape index (κ2) is 10.7. The van der Waals surface area contributed by atoms with Crippen LogP contribution in [0.25, 0.3) is 0 Å². The van der Waals surface area contributed by atoms with Gasteiger partial charge in [-0.15, -0.1) is 0 Å². The summed E-state index contributed by atoms with van der Waals surface area (Å²) in [5.74, 6) is -0.610. The maximum Gasteiger partial charge on any atom is 0.248 e. The van der Waals surface area contributed by atoms with Gasteiger partial charge in [-0.25, -0.2) is 0 Å². The van der Waals surface area contributed by atoms with Gasteiger partial charge in [0.1, 0.15) is 0 Å². The van der Waals surface area contributed by atoms with Gasteiger partial charge < -0.3 is 21.5 Å². The van der Waals surface area contributed by atoms with Gasteiger partial charge in [-0.1, -0.05) is 32.8 Å². The summed E-state index contributed by atoms with van der Waals surface area (Å²) >= 11 is 0. The van der Waals surface area contributed by atoms with Crippen molar-refractivity contribution < 1.29 is 14.3 Å². The Morgan fingerprint density at radius 1 is 1.14 bits per heavy atom. The van der Waals surface area contributed by atoms with Crippen molar-refractivity contribution in [2.24, 2.45) is 11.5 Å². The molecule has 162 valence electrons. The van der Waals surface area contributed by atoms with Crippen LogP contribution in [0.2, 0.25) is 0 Å². The molecule has 0 aromatic heterocycles. The van der Waals surface area contributed by atoms with Gasteiger partial charge in [0.15, 0.2) is 0 Å². The lowest BCUT2D eigenvalue weighted by Gasteiger charge is -2.49. The maximum atomic E-state index is 11.8. The molecule has 0 saturated carbocycles. The molecule has 0 spiro atoms. The van der Waals surface area contributed by atoms with Crippen LogP contribution in [0.5, 0.6) is 0 Å². The van der Waals surface area contributed by atoms with E-state index in [1.165, 1.54) is 11.1 Å². The smallest absolute Gasteiger partial charge is 0.248 e. The first-order valence-electron chi connectivity index (χ1n) is 10.9. The van der Waals surface area contributed by atoms with E-state index >= 15 is 0 Å². The van der Waals surface area contributed by atoms with E-state index < -0.39 is 0 Å². The van der Waals surface area contributed by atoms with Gasteiger partial charge in [-0.3, -0.25) is 9.59 Å². The minimum absolute atomic E-state index is 0.0803. The first-order chi connectivity index (χ1) is 13.9. The van der Waals surface area contributed by atoms with Crippen molar-refractivity contribution in [3.63, 3.8) is 0 Å². The molecule has 0 fully saturated rings. The Kier molecular flexibility index (Phi) is 8.65. The van der Waals surface area contributed by atoms with Gasteiger partial charge in [0.2, 0.25) is 11.8 Å². The van der Waals surface area contributed by atoms with E-state index in [2.05, 4.69) is 19.2 Å². The number of carbonyl (C=O) groups is 2. The molecule has 6 heteroatoms. The van der Waals surface area contributed by atoms with Crippen LogP contribution in [0, 0.1) is 0 Å². The van der Waals surface area contributed by atoms with Crippen LogP contribution in [0.1, 0.15) is 80.3 Å². The minimum Gasteiger partial charge on any atom is -0.379 e. The molecule has 5 N–H and O–H groups in total. The van der Waals surface area contributed by atoms with Crippen molar-refractivity contribution in [2.45, 2.75) is 82.8 Å². The summed E-state index contributed by atoms with van der Waals surface area (Å²) in [4.78, 5) is 22.6. The van der Waals surface area contributed by atoms with E-state index in [1.807, 2.05) is 18.2 Å². The number of nitrogens with two attached hydrogens (primary N) is 2. The number of carbonyl (C=O) groups excluding carboxylic acids is 2. The summed E-state index contributed by atoms with van der Waals surface area (Å²) < 4.78 is 5.91. The van der Waals surface area contributed by atoms with Crippen LogP contribution in [-0.4, -0.2) is 37.6 Å². The zero-order chi connectivity index (χ0) is 21.4. The molecule has 2 amide bonds. The number of hydrogen-bond acceptors (Lipinski definition) is 4. The van der Waals surface area contributed by atoms with E-state index in [9.17, 15) is 9.59 Å². The predicted octanol–water partition coefficient (Wildman–Crippen LogP) is 2.81. The lowest BCUT2D eigenvalue weighted by molar-refractivity contribution is -0.118. The molecule has 0 radical (unpaired) electrons. The van der Waals surface area contributed by atoms with Gasteiger partial charge in [0.05, 0.1) is 6.10 Å². The second-order valence-corrected chi connectivity index (χ2v) is 8.14. The topological polar surface area (TPSA) is 107 Å². The zero-order valence-corrected chi connectivity index (χ0v) is 18.1. The molecule has 29 heavy (non-hydrogen) atoms. The number of unbranched alkanes of at least 4 members (excludes halogenated alkanes) is 3. The third-order valence-corrected chi connectivity index (χ3v) is 6.60. The Morgan fingerprint density at radius 3 is 2.41 bits per heavy atom. The van der Waals surface area contributed by atoms with Gasteiger partial charge >= 0.3 is 0 Å². The largest absolute Gasteiger partial charge is 0.379 e. The highest BCUT2D eigenvalue weighted by Crippen LogP contribution is 2.44. The number of ether oxygens (including phenoxy) is 1. The minimum atomic E-state index is -0.386. The standard InChI is InChI=1S/C23H37N3O3/c1-4-23(5-2)18-14-17(22(25)28)12-11-16(18)15-19(29-3)21(23)26-13-9-7-6-8-10-20(24)27/h11-12,14,19,21,26H,4-10,13,15H2,1-3H3,(H2,24,27)(H2,25,28). The summed E-state index contributed by atoms with van der Waals surface area (Å²) in [6.45, 7) is 5.31. The van der Waals surface area contributed by atoms with Crippen molar-refractivity contribution in [2.75, 3.05) is 13.7 Å². The number of amides is 2. The van der Waals surface area contributed by atoms with E-state index in [0.717, 1.165) is 51.5 Å². The third kappa shape index (κ3) is 5.37. The van der Waals surface area contributed by atoms with Crippen LogP contribution in [0.3, 0.4) is 0 Å². The van der Waals surface area contributed by atoms with Crippen molar-refractivity contribution in [3.05, 3.63) is 34.9 Å². The fraction of sp³-hybridized carbons (Fsp3) is 0.652. The van der Waals surface area contributed by atoms with E-state index in [0.29, 0.717) is 12.0 Å². The monoisotopic (exact) mass is 403 g/mol. The van der Waals surface area contributed by atoms with Crippen molar-refractivity contribution in [1.82, 2.24) is 5.32 Å². The number of hydrogen-bond donors (Lipinski definition) is 3. The highest BCUT2D eigenvalue weighted by atomic mass is 16.5. The molecule has 1 aliphatic rings. The quantitative estimate of drug-likeness (QED) is 0.466. The van der Waals surface area contributed by atoms with Crippen LogP contribution in [0.15, 0.2) is 18.2 Å². The molecule has 0 bridgehead atoms. The highest BCUT2D eigenvalue weighted by molar-refractivity contribution is 5.93. The number of benzene rings is 1. The molecule has 0 heterocycles. The van der Waals surface area contributed by atoms with Gasteiger partial charge in [-0.05, 0) is 55.5 Å². The predicted molar refractivity (Wildman–Crippen MR) is 116 cm³/mol. The average Bonchev–Trinajstić information content (AvgIpc) is 2.71. The fourth-order valence-corrected chi connectivity index (χ4v) is 4.88. The summed E-state index contributed by atoms with van der Waals surface area (Å²) in [5.41, 5.74) is 13.7. The molecule has 2 unspecified atom stereocenters. The summed E-state index contributed by atoms with van der Waals surface area (Å²) in [5, 5.41) is 3.77. The second-order valence-electron chi connectivity index (χ2n) is 8.14. The fourth-order valence-electron chi connectivity index (χ4n) is 4.88. The Hall–Kier alpha value is -1.92. The van der Waals surface area contributed by atoms with Gasteiger partial charge in [0, 0.05) is 37.0 Å². The average molecular weight is 404 g/mol. The van der Waals surface area contributed by atoms with E-state index in [1.54, 1.807) is 7.11 Å². The summed E-state index contributed by atoms with van der Waals surface area (Å²) in [6.07, 6.45) is 7.26. The Bertz CT molecular complexity index is 701. The molecule has 2 atom stereocenters. The van der Waals surface area contributed by atoms with Crippen molar-refractivity contribution in [1.29, 1.82) is 0 Å². The molecular formula is C23H37N3O3. The first kappa shape index (κ1) is 23.4. The summed E-state index contributed by atoms with van der Waals surface area (Å²) in [7, 11) is 1.78. The Labute approximate surface area is 174 Å². The van der Waals surface area contributed by atoms with Gasteiger partial charge in [-0.2, -0.15) is 0 Å². The number of fused-ring (bicyclic) bond motifs is 1. The Balaban J connectivity index is 2.15. The lowest BCUT2D eigenvalue weighted by Crippen LogP contribution is -2.59. The molecule has 6 nitrogen and oxygen atoms in total. The molecule has 1 aromatic rings. The molecule has 0 aliphatic heterocycles. The van der Waals surface area contributed by atoms with Crippen LogP contribution in [-0.2, 0) is 21.4 Å². The normalized spacial score (nSPS) is 20.2. The zero-order valence-electron chi connectivity index (χ0n) is 18.1. The van der Waals surface area contributed by atoms with Crippen LogP contribution < -0.4 is 16.8 Å². The number of nitrogens with one attached hydrogen (secondary N) is 1. The lowest BCUT2D eigenvalue weighted by atomic mass is 9.62. The Morgan fingerprint density at radius 2 is 1.83 bits per heavy atom. The van der Waals surface area contributed by atoms with Crippen molar-refractivity contribution >= 4 is 11.8 Å². The number of primary amides is 2. The maximum absolute atomic E-state index is 11.8. The highest BCUT2D eigenvalue weighted by Gasteiger charge is 2.46. The van der Waals surface area contributed by atoms with E-state index in [-0.39, 0.29) is 29.4 Å². The molecule has 2 rings (SSSR count). The molecule has 0 saturated heterocycles. The molecular weight excluding hydrogens is 366 g/mol.